The van der Waals surface area contributed by atoms with Crippen molar-refractivity contribution < 1.29 is 20.4 Å². The van der Waals surface area contributed by atoms with Crippen molar-refractivity contribution in [3.05, 3.63) is 0 Å². The highest BCUT2D eigenvalue weighted by Crippen LogP contribution is 1.73. The molecule has 0 aliphatic carbocycles. The molecule has 0 unspecified atom stereocenters. The standard InChI is InChI=1S/C3H4O4/c1-6-3(5)7-2-4/h2H,1H3/i2T. The van der Waals surface area contributed by atoms with Crippen LogP contribution in [-0.4, -0.2) is 19.7 Å². The zero-order chi connectivity index (χ0) is 6.57. The van der Waals surface area contributed by atoms with Gasteiger partial charge in [-0.15, -0.1) is 0 Å². The molecule has 4 nitrogen and oxygen atoms in total. The Kier molecular flexibility index (Phi) is 1.84. The molecule has 0 saturated heterocycles. The SMILES string of the molecule is [3H]C(=O)OC(=O)OC. The van der Waals surface area contributed by atoms with Crippen LogP contribution in [-0.2, 0) is 14.3 Å². The number of ether oxygens (including phenoxy) is 2. The fourth-order valence-electron chi connectivity index (χ4n) is 0.0757. The Morgan fingerprint density at radius 2 is 2.57 bits per heavy atom. The molecule has 0 radical (unpaired) electrons. The second kappa shape index (κ2) is 3.14. The third-order valence-electron chi connectivity index (χ3n) is 0.292. The molecule has 0 fully saturated rings. The molecule has 4 heteroatoms. The van der Waals surface area contributed by atoms with Gasteiger partial charge in [-0.25, -0.2) is 4.79 Å². The lowest BCUT2D eigenvalue weighted by Crippen LogP contribution is -2.00. The van der Waals surface area contributed by atoms with Crippen molar-refractivity contribution in [1.29, 1.82) is 0 Å². The van der Waals surface area contributed by atoms with Crippen LogP contribution in [0.2, 0.25) is 0 Å². The highest BCUT2D eigenvalue weighted by Gasteiger charge is 1.93. The van der Waals surface area contributed by atoms with Crippen LogP contribution in [0.15, 0.2) is 0 Å². The molecule has 0 rings (SSSR count). The van der Waals surface area contributed by atoms with Gasteiger partial charge in [0.2, 0.25) is 0 Å². The molecule has 0 aromatic carbocycles. The van der Waals surface area contributed by atoms with Crippen LogP contribution >= 0.6 is 0 Å². The number of hydrogen-bond acceptors (Lipinski definition) is 4. The lowest BCUT2D eigenvalue weighted by Gasteiger charge is -1.88. The minimum Gasteiger partial charge on any atom is -0.437 e. The van der Waals surface area contributed by atoms with E-state index in [0.29, 0.717) is 0 Å². The van der Waals surface area contributed by atoms with Gasteiger partial charge < -0.3 is 9.47 Å². The fraction of sp³-hybridized carbons (Fsp3) is 0.333. The molecule has 0 aliphatic heterocycles. The third-order valence-corrected chi connectivity index (χ3v) is 0.292. The number of carbonyl (C=O) groups is 2. The largest absolute Gasteiger partial charge is 0.515 e. The van der Waals surface area contributed by atoms with Crippen LogP contribution in [0.4, 0.5) is 4.79 Å². The van der Waals surface area contributed by atoms with E-state index in [-0.39, 0.29) is 0 Å². The molecule has 0 saturated carbocycles. The number of methoxy groups -OCH3 is 1. The Hall–Kier alpha value is -1.06. The molecule has 0 aromatic heterocycles. The van der Waals surface area contributed by atoms with Gasteiger partial charge in [-0.2, -0.15) is 0 Å². The first-order chi connectivity index (χ1) is 3.66. The van der Waals surface area contributed by atoms with Crippen LogP contribution in [0.5, 0.6) is 0 Å². The number of carbonyl (C=O) groups excluding carboxylic acids is 2. The van der Waals surface area contributed by atoms with E-state index in [1.165, 1.54) is 0 Å². The van der Waals surface area contributed by atoms with Crippen molar-refractivity contribution in [2.75, 3.05) is 7.11 Å². The average Bonchev–Trinajstić information content (AvgIpc) is 1.65. The fourth-order valence-corrected chi connectivity index (χ4v) is 0.0757. The number of rotatable bonds is 0. The predicted octanol–water partition coefficient (Wildman–Crippen LogP) is -0.0742. The van der Waals surface area contributed by atoms with E-state index in [1.54, 1.807) is 0 Å². The van der Waals surface area contributed by atoms with Crippen molar-refractivity contribution in [2.24, 2.45) is 0 Å². The highest BCUT2D eigenvalue weighted by molar-refractivity contribution is 5.68. The summed E-state index contributed by atoms with van der Waals surface area (Å²) in [4.78, 5) is 19.4. The molecular weight excluding hydrogens is 100 g/mol. The summed E-state index contributed by atoms with van der Waals surface area (Å²) in [6.45, 7) is 0. The van der Waals surface area contributed by atoms with E-state index in [4.69, 9.17) is 1.37 Å². The molecule has 0 N–H and O–H groups in total. The van der Waals surface area contributed by atoms with Crippen LogP contribution in [0.25, 0.3) is 0 Å². The monoisotopic (exact) mass is 106 g/mol. The van der Waals surface area contributed by atoms with Gasteiger partial charge in [0, 0.05) is 0 Å². The Morgan fingerprint density at radius 3 is 2.71 bits per heavy atom. The summed E-state index contributed by atoms with van der Waals surface area (Å²) in [5.74, 6) is 0. The first kappa shape index (κ1) is 4.11. The van der Waals surface area contributed by atoms with Gasteiger partial charge in [-0.05, 0) is 0 Å². The maximum absolute atomic E-state index is 9.84. The van der Waals surface area contributed by atoms with Gasteiger partial charge in [-0.1, -0.05) is 0 Å². The van der Waals surface area contributed by atoms with E-state index in [2.05, 4.69) is 9.47 Å². The van der Waals surface area contributed by atoms with Crippen LogP contribution < -0.4 is 0 Å². The van der Waals surface area contributed by atoms with Crippen LogP contribution in [0.3, 0.4) is 0 Å². The highest BCUT2D eigenvalue weighted by atomic mass is 16.7. The zero-order valence-corrected chi connectivity index (χ0v) is 3.63. The van der Waals surface area contributed by atoms with Gasteiger partial charge in [0.1, 0.15) is 0 Å². The summed E-state index contributed by atoms with van der Waals surface area (Å²) in [6, 6.07) is 0. The van der Waals surface area contributed by atoms with E-state index in [9.17, 15) is 9.59 Å². The minimum absolute atomic E-state index is 1.05. The minimum atomic E-state index is -1.42. The normalized spacial score (nSPS) is 9.00. The topological polar surface area (TPSA) is 52.6 Å². The molecular formula is C3H4O4. The van der Waals surface area contributed by atoms with Crippen LogP contribution in [0.1, 0.15) is 1.37 Å². The Balaban J connectivity index is 3.40. The molecule has 0 spiro atoms. The van der Waals surface area contributed by atoms with Gasteiger partial charge in [0.05, 0.1) is 7.11 Å². The maximum atomic E-state index is 9.84. The smallest absolute Gasteiger partial charge is 0.437 e. The first-order valence-electron chi connectivity index (χ1n) is 1.93. The van der Waals surface area contributed by atoms with Crippen LogP contribution in [0, 0.1) is 0 Å². The van der Waals surface area contributed by atoms with Gasteiger partial charge in [-0.3, -0.25) is 4.79 Å². The second-order valence-electron chi connectivity index (χ2n) is 0.640. The molecule has 40 valence electrons. The summed E-state index contributed by atoms with van der Waals surface area (Å²) >= 11 is 0. The summed E-state index contributed by atoms with van der Waals surface area (Å²) in [5, 5.41) is 0. The summed E-state index contributed by atoms with van der Waals surface area (Å²) in [7, 11) is 1.05. The summed E-state index contributed by atoms with van der Waals surface area (Å²) in [6.07, 6.45) is -2.58. The van der Waals surface area contributed by atoms with E-state index in [1.807, 2.05) is 0 Å². The average molecular weight is 106 g/mol. The first-order valence-corrected chi connectivity index (χ1v) is 1.43. The maximum Gasteiger partial charge on any atom is 0.515 e. The molecule has 0 bridgehead atoms. The third kappa shape index (κ3) is 2.75. The quantitative estimate of drug-likeness (QED) is 0.246. The summed E-state index contributed by atoms with van der Waals surface area (Å²) < 4.78 is 13.5. The van der Waals surface area contributed by atoms with Gasteiger partial charge in [0.25, 0.3) is 0 Å². The molecule has 0 atom stereocenters. The Bertz CT molecular complexity index is 110. The molecule has 0 aliphatic rings. The van der Waals surface area contributed by atoms with E-state index < -0.39 is 12.6 Å². The van der Waals surface area contributed by atoms with Crippen molar-refractivity contribution in [3.63, 3.8) is 0 Å². The lowest BCUT2D eigenvalue weighted by atomic mass is 11.3. The molecule has 0 heterocycles. The number of hydrogen-bond donors (Lipinski definition) is 0. The summed E-state index contributed by atoms with van der Waals surface area (Å²) in [5.41, 5.74) is 0. The van der Waals surface area contributed by atoms with Crippen molar-refractivity contribution in [1.82, 2.24) is 0 Å². The van der Waals surface area contributed by atoms with Crippen molar-refractivity contribution in [2.45, 2.75) is 0 Å². The van der Waals surface area contributed by atoms with Gasteiger partial charge in [0.15, 0.2) is 1.37 Å². The van der Waals surface area contributed by atoms with E-state index >= 15 is 0 Å². The zero-order valence-electron chi connectivity index (χ0n) is 4.63. The van der Waals surface area contributed by atoms with E-state index in [0.717, 1.165) is 7.11 Å². The molecule has 0 amide bonds. The lowest BCUT2D eigenvalue weighted by molar-refractivity contribution is -0.125. The molecule has 0 aromatic rings. The van der Waals surface area contributed by atoms with Gasteiger partial charge >= 0.3 is 12.6 Å². The van der Waals surface area contributed by atoms with Crippen molar-refractivity contribution >= 4 is 12.6 Å². The van der Waals surface area contributed by atoms with Crippen molar-refractivity contribution in [3.8, 4) is 0 Å². The Morgan fingerprint density at radius 1 is 2.00 bits per heavy atom. The second-order valence-corrected chi connectivity index (χ2v) is 0.640. The Labute approximate surface area is 41.4 Å². The molecule has 7 heavy (non-hydrogen) atoms. The predicted molar refractivity (Wildman–Crippen MR) is 19.6 cm³/mol.